The molecule has 0 spiro atoms. The van der Waals surface area contributed by atoms with Crippen LogP contribution in [-0.4, -0.2) is 26.9 Å². The first-order chi connectivity index (χ1) is 14.6. The van der Waals surface area contributed by atoms with E-state index in [-0.39, 0.29) is 12.2 Å². The molecular formula is C22H22N6O2. The van der Waals surface area contributed by atoms with Gasteiger partial charge in [-0.1, -0.05) is 30.1 Å². The topological polar surface area (TPSA) is 117 Å². The summed E-state index contributed by atoms with van der Waals surface area (Å²) in [5.74, 6) is 0.883. The van der Waals surface area contributed by atoms with Crippen molar-refractivity contribution in [1.29, 1.82) is 5.26 Å². The largest absolute Gasteiger partial charge is 0.366 e. The number of benzene rings is 1. The number of ketones is 1. The maximum atomic E-state index is 12.6. The average Bonchev–Trinajstić information content (AvgIpc) is 3.44. The van der Waals surface area contributed by atoms with Gasteiger partial charge in [0.05, 0.1) is 12.1 Å². The number of carbonyl (C=O) groups is 1. The highest BCUT2D eigenvalue weighted by molar-refractivity contribution is 5.98. The van der Waals surface area contributed by atoms with Gasteiger partial charge in [0.2, 0.25) is 0 Å². The van der Waals surface area contributed by atoms with Gasteiger partial charge in [-0.15, -0.1) is 0 Å². The lowest BCUT2D eigenvalue weighted by Gasteiger charge is -2.16. The predicted octanol–water partition coefficient (Wildman–Crippen LogP) is 4.17. The van der Waals surface area contributed by atoms with E-state index in [1.807, 2.05) is 13.0 Å². The summed E-state index contributed by atoms with van der Waals surface area (Å²) in [6.07, 6.45) is 7.56. The third kappa shape index (κ3) is 4.30. The van der Waals surface area contributed by atoms with Gasteiger partial charge in [-0.25, -0.2) is 9.97 Å². The summed E-state index contributed by atoms with van der Waals surface area (Å²) in [4.78, 5) is 21.1. The zero-order valence-electron chi connectivity index (χ0n) is 16.7. The molecule has 0 saturated heterocycles. The van der Waals surface area contributed by atoms with E-state index in [4.69, 9.17) is 4.52 Å². The quantitative estimate of drug-likeness (QED) is 0.566. The summed E-state index contributed by atoms with van der Waals surface area (Å²) in [6, 6.07) is 9.62. The fourth-order valence-electron chi connectivity index (χ4n) is 3.61. The molecule has 1 fully saturated rings. The second-order valence-corrected chi connectivity index (χ2v) is 7.43. The molecule has 1 saturated carbocycles. The third-order valence-corrected chi connectivity index (χ3v) is 5.30. The van der Waals surface area contributed by atoms with E-state index in [0.29, 0.717) is 40.2 Å². The number of nitrogens with zero attached hydrogens (tertiary/aromatic N) is 4. The van der Waals surface area contributed by atoms with Crippen LogP contribution in [0, 0.1) is 18.3 Å². The molecule has 8 heteroatoms. The molecule has 0 bridgehead atoms. The lowest BCUT2D eigenvalue weighted by atomic mass is 10.0. The average molecular weight is 402 g/mol. The van der Waals surface area contributed by atoms with Crippen molar-refractivity contribution in [3.05, 3.63) is 59.2 Å². The van der Waals surface area contributed by atoms with Gasteiger partial charge in [-0.3, -0.25) is 4.79 Å². The fraction of sp³-hybridized carbons (Fsp3) is 0.318. The van der Waals surface area contributed by atoms with E-state index < -0.39 is 0 Å². The number of carbonyl (C=O) groups excluding carboxylic acids is 1. The molecule has 1 aliphatic rings. The summed E-state index contributed by atoms with van der Waals surface area (Å²) < 4.78 is 4.79. The van der Waals surface area contributed by atoms with Gasteiger partial charge in [-0.05, 0) is 31.4 Å². The first-order valence-electron chi connectivity index (χ1n) is 9.96. The Hall–Kier alpha value is -3.73. The summed E-state index contributed by atoms with van der Waals surface area (Å²) >= 11 is 0. The number of rotatable bonds is 7. The standard InChI is InChI=1S/C22H22N6O2/c1-14-6-7-15(20(29)11-17-8-9-30-28-17)10-19(14)27-22-18(12-23)21(24-13-25-22)26-16-4-2-3-5-16/h6-10,13,16H,2-5,11H2,1H3,(H2,24,25,26,27). The first kappa shape index (κ1) is 19.6. The zero-order chi connectivity index (χ0) is 20.9. The lowest BCUT2D eigenvalue weighted by molar-refractivity contribution is 0.0991. The molecule has 0 atom stereocenters. The summed E-state index contributed by atoms with van der Waals surface area (Å²) in [5.41, 5.74) is 3.13. The number of hydrogen-bond acceptors (Lipinski definition) is 8. The predicted molar refractivity (Wildman–Crippen MR) is 112 cm³/mol. The molecule has 0 radical (unpaired) electrons. The molecule has 4 rings (SSSR count). The Kier molecular flexibility index (Phi) is 5.70. The van der Waals surface area contributed by atoms with Crippen LogP contribution in [0.4, 0.5) is 17.3 Å². The summed E-state index contributed by atoms with van der Waals surface area (Å²) in [7, 11) is 0. The molecule has 3 aromatic rings. The van der Waals surface area contributed by atoms with Crippen LogP contribution in [0.15, 0.2) is 41.4 Å². The third-order valence-electron chi connectivity index (χ3n) is 5.30. The highest BCUT2D eigenvalue weighted by atomic mass is 16.5. The zero-order valence-corrected chi connectivity index (χ0v) is 16.7. The van der Waals surface area contributed by atoms with Gasteiger partial charge in [0.25, 0.3) is 0 Å². The van der Waals surface area contributed by atoms with Crippen LogP contribution in [0.5, 0.6) is 0 Å². The van der Waals surface area contributed by atoms with Crippen molar-refractivity contribution in [3.8, 4) is 6.07 Å². The molecule has 0 amide bonds. The Morgan fingerprint density at radius 2 is 2.03 bits per heavy atom. The summed E-state index contributed by atoms with van der Waals surface area (Å²) in [5, 5.41) is 20.1. The highest BCUT2D eigenvalue weighted by Crippen LogP contribution is 2.28. The van der Waals surface area contributed by atoms with E-state index in [9.17, 15) is 10.1 Å². The van der Waals surface area contributed by atoms with Crippen molar-refractivity contribution in [1.82, 2.24) is 15.1 Å². The second kappa shape index (κ2) is 8.74. The van der Waals surface area contributed by atoms with E-state index in [0.717, 1.165) is 18.4 Å². The molecule has 1 aliphatic carbocycles. The SMILES string of the molecule is Cc1ccc(C(=O)Cc2ccon2)cc1Nc1ncnc(NC2CCCC2)c1C#N. The van der Waals surface area contributed by atoms with Crippen molar-refractivity contribution in [2.24, 2.45) is 0 Å². The number of aryl methyl sites for hydroxylation is 1. The molecular weight excluding hydrogens is 380 g/mol. The number of nitrogens with one attached hydrogen (secondary N) is 2. The van der Waals surface area contributed by atoms with Crippen LogP contribution in [0.3, 0.4) is 0 Å². The molecule has 2 heterocycles. The monoisotopic (exact) mass is 402 g/mol. The van der Waals surface area contributed by atoms with Crippen LogP contribution in [0.1, 0.15) is 52.9 Å². The summed E-state index contributed by atoms with van der Waals surface area (Å²) in [6.45, 7) is 1.93. The minimum atomic E-state index is -0.0706. The maximum Gasteiger partial charge on any atom is 0.169 e. The van der Waals surface area contributed by atoms with Crippen LogP contribution in [0.25, 0.3) is 0 Å². The van der Waals surface area contributed by atoms with Crippen LogP contribution < -0.4 is 10.6 Å². The van der Waals surface area contributed by atoms with Crippen molar-refractivity contribution < 1.29 is 9.32 Å². The number of anilines is 3. The van der Waals surface area contributed by atoms with Crippen molar-refractivity contribution in [3.63, 3.8) is 0 Å². The molecule has 152 valence electrons. The van der Waals surface area contributed by atoms with E-state index in [1.54, 1.807) is 18.2 Å². The number of hydrogen-bond donors (Lipinski definition) is 2. The van der Waals surface area contributed by atoms with Crippen LogP contribution in [-0.2, 0) is 6.42 Å². The van der Waals surface area contributed by atoms with Crippen molar-refractivity contribution in [2.45, 2.75) is 45.1 Å². The lowest BCUT2D eigenvalue weighted by Crippen LogP contribution is -2.17. The minimum Gasteiger partial charge on any atom is -0.366 e. The van der Waals surface area contributed by atoms with Gasteiger partial charge >= 0.3 is 0 Å². The molecule has 2 aromatic heterocycles. The fourth-order valence-corrected chi connectivity index (χ4v) is 3.61. The number of aromatic nitrogens is 3. The second-order valence-electron chi connectivity index (χ2n) is 7.43. The minimum absolute atomic E-state index is 0.0706. The Morgan fingerprint density at radius 1 is 1.23 bits per heavy atom. The van der Waals surface area contributed by atoms with E-state index in [1.165, 1.54) is 25.4 Å². The van der Waals surface area contributed by atoms with Gasteiger partial charge in [-0.2, -0.15) is 5.26 Å². The molecule has 0 aliphatic heterocycles. The van der Waals surface area contributed by atoms with Gasteiger partial charge in [0.1, 0.15) is 30.0 Å². The van der Waals surface area contributed by atoms with E-state index in [2.05, 4.69) is 31.8 Å². The molecule has 8 nitrogen and oxygen atoms in total. The van der Waals surface area contributed by atoms with Crippen LogP contribution in [0.2, 0.25) is 0 Å². The Morgan fingerprint density at radius 3 is 2.77 bits per heavy atom. The molecule has 30 heavy (non-hydrogen) atoms. The Balaban J connectivity index is 1.57. The van der Waals surface area contributed by atoms with Gasteiger partial charge in [0.15, 0.2) is 11.6 Å². The van der Waals surface area contributed by atoms with Crippen molar-refractivity contribution >= 4 is 23.1 Å². The number of Topliss-reactive ketones (excluding diaryl/α,β-unsaturated/α-hetero) is 1. The molecule has 1 aromatic carbocycles. The number of nitriles is 1. The smallest absolute Gasteiger partial charge is 0.169 e. The highest BCUT2D eigenvalue weighted by Gasteiger charge is 2.19. The van der Waals surface area contributed by atoms with E-state index >= 15 is 0 Å². The molecule has 0 unspecified atom stereocenters. The maximum absolute atomic E-state index is 12.6. The Bertz CT molecular complexity index is 1080. The van der Waals surface area contributed by atoms with Crippen LogP contribution >= 0.6 is 0 Å². The van der Waals surface area contributed by atoms with Gasteiger partial charge in [0, 0.05) is 23.4 Å². The normalized spacial score (nSPS) is 13.7. The molecule has 2 N–H and O–H groups in total. The Labute approximate surface area is 174 Å². The first-order valence-corrected chi connectivity index (χ1v) is 9.96. The van der Waals surface area contributed by atoms with Crippen molar-refractivity contribution in [2.75, 3.05) is 10.6 Å². The van der Waals surface area contributed by atoms with Gasteiger partial charge < -0.3 is 15.2 Å².